The first-order valence-corrected chi connectivity index (χ1v) is 5.71. The number of thiol groups is 1. The van der Waals surface area contributed by atoms with Crippen molar-refractivity contribution < 1.29 is 17.9 Å². The Morgan fingerprint density at radius 2 is 1.82 bits per heavy atom. The third-order valence-corrected chi connectivity index (χ3v) is 2.15. The second-order valence-electron chi connectivity index (χ2n) is 3.39. The van der Waals surface area contributed by atoms with Gasteiger partial charge >= 0.3 is 6.18 Å². The zero-order valence-electron chi connectivity index (χ0n) is 9.07. The molecule has 0 atom stereocenters. The number of allylic oxidation sites excluding steroid dienone is 1. The Kier molecular flexibility index (Phi) is 5.41. The van der Waals surface area contributed by atoms with Crippen LogP contribution in [0.2, 0.25) is 0 Å². The van der Waals surface area contributed by atoms with Crippen molar-refractivity contribution in [1.29, 1.82) is 0 Å². The van der Waals surface area contributed by atoms with Gasteiger partial charge in [0.1, 0.15) is 5.75 Å². The standard InChI is InChI=1S/C12H13F3OS/c13-12(14,15)9-16-11-6-4-10(5-7-11)3-1-2-8-17/h1,3-7,17H,2,8-9H2. The molecule has 17 heavy (non-hydrogen) atoms. The monoisotopic (exact) mass is 262 g/mol. The molecule has 1 aromatic carbocycles. The van der Waals surface area contributed by atoms with E-state index in [1.807, 2.05) is 12.2 Å². The minimum atomic E-state index is -4.30. The number of hydrogen-bond donors (Lipinski definition) is 1. The van der Waals surface area contributed by atoms with Crippen LogP contribution in [-0.2, 0) is 0 Å². The number of alkyl halides is 3. The summed E-state index contributed by atoms with van der Waals surface area (Å²) in [4.78, 5) is 0. The van der Waals surface area contributed by atoms with Crippen LogP contribution in [0.25, 0.3) is 6.08 Å². The van der Waals surface area contributed by atoms with Crippen LogP contribution in [0.5, 0.6) is 5.75 Å². The van der Waals surface area contributed by atoms with Gasteiger partial charge in [-0.25, -0.2) is 0 Å². The molecule has 0 aliphatic rings. The Morgan fingerprint density at radius 1 is 1.18 bits per heavy atom. The number of hydrogen-bond acceptors (Lipinski definition) is 2. The largest absolute Gasteiger partial charge is 0.484 e. The van der Waals surface area contributed by atoms with E-state index in [1.165, 1.54) is 12.1 Å². The van der Waals surface area contributed by atoms with Crippen molar-refractivity contribution in [3.8, 4) is 5.75 Å². The highest BCUT2D eigenvalue weighted by Crippen LogP contribution is 2.19. The first kappa shape index (κ1) is 14.0. The van der Waals surface area contributed by atoms with Crippen LogP contribution in [-0.4, -0.2) is 18.5 Å². The van der Waals surface area contributed by atoms with E-state index in [0.717, 1.165) is 17.7 Å². The zero-order chi connectivity index (χ0) is 12.7. The first-order chi connectivity index (χ1) is 8.01. The topological polar surface area (TPSA) is 9.23 Å². The summed E-state index contributed by atoms with van der Waals surface area (Å²) in [6, 6.07) is 6.46. The number of ether oxygens (including phenoxy) is 1. The highest BCUT2D eigenvalue weighted by Gasteiger charge is 2.28. The van der Waals surface area contributed by atoms with Gasteiger partial charge in [-0.3, -0.25) is 0 Å². The summed E-state index contributed by atoms with van der Waals surface area (Å²) < 4.78 is 40.2. The minimum absolute atomic E-state index is 0.216. The lowest BCUT2D eigenvalue weighted by Gasteiger charge is -2.08. The van der Waals surface area contributed by atoms with Crippen molar-refractivity contribution >= 4 is 18.7 Å². The molecular formula is C12H13F3OS. The Balaban J connectivity index is 2.50. The van der Waals surface area contributed by atoms with Crippen molar-refractivity contribution in [2.75, 3.05) is 12.4 Å². The second kappa shape index (κ2) is 6.59. The normalized spacial score (nSPS) is 12.0. The molecule has 1 rings (SSSR count). The summed E-state index contributed by atoms with van der Waals surface area (Å²) in [5, 5.41) is 0. The molecule has 94 valence electrons. The van der Waals surface area contributed by atoms with Crippen LogP contribution < -0.4 is 4.74 Å². The predicted molar refractivity (Wildman–Crippen MR) is 65.5 cm³/mol. The van der Waals surface area contributed by atoms with E-state index in [2.05, 4.69) is 17.4 Å². The lowest BCUT2D eigenvalue weighted by molar-refractivity contribution is -0.153. The van der Waals surface area contributed by atoms with Crippen molar-refractivity contribution in [3.05, 3.63) is 35.9 Å². The van der Waals surface area contributed by atoms with Gasteiger partial charge in [-0.2, -0.15) is 25.8 Å². The molecule has 1 nitrogen and oxygen atoms in total. The quantitative estimate of drug-likeness (QED) is 0.790. The molecule has 0 aliphatic carbocycles. The molecule has 1 aromatic rings. The first-order valence-electron chi connectivity index (χ1n) is 5.08. The van der Waals surface area contributed by atoms with Gasteiger partial charge < -0.3 is 4.74 Å². The van der Waals surface area contributed by atoms with E-state index in [4.69, 9.17) is 0 Å². The van der Waals surface area contributed by atoms with Crippen molar-refractivity contribution in [2.45, 2.75) is 12.6 Å². The predicted octanol–water partition coefficient (Wildman–Crippen LogP) is 3.96. The van der Waals surface area contributed by atoms with Crippen LogP contribution in [0.4, 0.5) is 13.2 Å². The molecule has 0 spiro atoms. The summed E-state index contributed by atoms with van der Waals surface area (Å²) in [7, 11) is 0. The highest BCUT2D eigenvalue weighted by atomic mass is 32.1. The molecule has 0 heterocycles. The van der Waals surface area contributed by atoms with E-state index >= 15 is 0 Å². The molecule has 0 fully saturated rings. The van der Waals surface area contributed by atoms with Crippen molar-refractivity contribution in [2.24, 2.45) is 0 Å². The maximum atomic E-state index is 11.9. The summed E-state index contributed by atoms with van der Waals surface area (Å²) in [6.07, 6.45) is 0.406. The molecule has 0 amide bonds. The molecule has 0 bridgehead atoms. The maximum Gasteiger partial charge on any atom is 0.422 e. The Labute approximate surface area is 104 Å². The van der Waals surface area contributed by atoms with Crippen LogP contribution in [0, 0.1) is 0 Å². The average molecular weight is 262 g/mol. The van der Waals surface area contributed by atoms with E-state index in [9.17, 15) is 13.2 Å². The molecular weight excluding hydrogens is 249 g/mol. The summed E-state index contributed by atoms with van der Waals surface area (Å²) >= 11 is 4.06. The van der Waals surface area contributed by atoms with Gasteiger partial charge in [0.25, 0.3) is 0 Å². The Morgan fingerprint density at radius 3 is 2.35 bits per heavy atom. The fourth-order valence-corrected chi connectivity index (χ4v) is 1.28. The second-order valence-corrected chi connectivity index (χ2v) is 3.83. The zero-order valence-corrected chi connectivity index (χ0v) is 9.97. The van der Waals surface area contributed by atoms with Crippen LogP contribution in [0.3, 0.4) is 0 Å². The Hall–Kier alpha value is -1.10. The van der Waals surface area contributed by atoms with Gasteiger partial charge in [-0.15, -0.1) is 0 Å². The van der Waals surface area contributed by atoms with Crippen molar-refractivity contribution in [1.82, 2.24) is 0 Å². The summed E-state index contributed by atoms with van der Waals surface area (Å²) in [5.74, 6) is 0.984. The fourth-order valence-electron chi connectivity index (χ4n) is 1.13. The van der Waals surface area contributed by atoms with Gasteiger partial charge in [0.2, 0.25) is 0 Å². The Bertz CT molecular complexity index is 357. The van der Waals surface area contributed by atoms with Crippen molar-refractivity contribution in [3.63, 3.8) is 0 Å². The van der Waals surface area contributed by atoms with E-state index in [1.54, 1.807) is 12.1 Å². The molecule has 0 unspecified atom stereocenters. The molecule has 0 aliphatic heterocycles. The number of halogens is 3. The van der Waals surface area contributed by atoms with Gasteiger partial charge in [0.05, 0.1) is 0 Å². The summed E-state index contributed by atoms with van der Waals surface area (Å²) in [5.41, 5.74) is 0.922. The molecule has 0 saturated heterocycles. The third kappa shape index (κ3) is 6.26. The fraction of sp³-hybridized carbons (Fsp3) is 0.333. The maximum absolute atomic E-state index is 11.9. The molecule has 0 radical (unpaired) electrons. The van der Waals surface area contributed by atoms with E-state index < -0.39 is 12.8 Å². The minimum Gasteiger partial charge on any atom is -0.484 e. The van der Waals surface area contributed by atoms with Crippen LogP contribution in [0.1, 0.15) is 12.0 Å². The lowest BCUT2D eigenvalue weighted by Crippen LogP contribution is -2.19. The SMILES string of the molecule is FC(F)(F)COc1ccc(C=CCCS)cc1. The molecule has 0 saturated carbocycles. The molecule has 0 N–H and O–H groups in total. The van der Waals surface area contributed by atoms with Crippen LogP contribution in [0.15, 0.2) is 30.3 Å². The average Bonchev–Trinajstić information content (AvgIpc) is 2.27. The van der Waals surface area contributed by atoms with Crippen LogP contribution >= 0.6 is 12.6 Å². The summed E-state index contributed by atoms with van der Waals surface area (Å²) in [6.45, 7) is -1.26. The number of rotatable bonds is 5. The van der Waals surface area contributed by atoms with Gasteiger partial charge in [0, 0.05) is 0 Å². The smallest absolute Gasteiger partial charge is 0.422 e. The highest BCUT2D eigenvalue weighted by molar-refractivity contribution is 7.80. The third-order valence-electron chi connectivity index (χ3n) is 1.89. The van der Waals surface area contributed by atoms with Gasteiger partial charge in [-0.1, -0.05) is 24.3 Å². The lowest BCUT2D eigenvalue weighted by atomic mass is 10.2. The van der Waals surface area contributed by atoms with Gasteiger partial charge in [-0.05, 0) is 29.9 Å². The van der Waals surface area contributed by atoms with E-state index in [0.29, 0.717) is 0 Å². The van der Waals surface area contributed by atoms with E-state index in [-0.39, 0.29) is 5.75 Å². The molecule has 0 aromatic heterocycles. The van der Waals surface area contributed by atoms with Gasteiger partial charge in [0.15, 0.2) is 6.61 Å². The number of benzene rings is 1. The molecule has 5 heteroatoms.